The Morgan fingerprint density at radius 1 is 0.531 bits per heavy atom. The molecule has 0 radical (unpaired) electrons. The van der Waals surface area contributed by atoms with Crippen molar-refractivity contribution in [1.29, 1.82) is 0 Å². The first-order chi connectivity index (χ1) is 24.1. The molecule has 0 unspecified atom stereocenters. The summed E-state index contributed by atoms with van der Waals surface area (Å²) in [5, 5.41) is 0. The van der Waals surface area contributed by atoms with Crippen LogP contribution in [-0.2, 0) is 9.47 Å². The van der Waals surface area contributed by atoms with Crippen LogP contribution in [0.4, 0.5) is 5.69 Å². The van der Waals surface area contributed by atoms with E-state index in [1.54, 1.807) is 49.1 Å². The summed E-state index contributed by atoms with van der Waals surface area (Å²) >= 11 is 0. The van der Waals surface area contributed by atoms with Crippen molar-refractivity contribution in [2.75, 3.05) is 31.2 Å². The van der Waals surface area contributed by atoms with Gasteiger partial charge < -0.3 is 14.4 Å². The topological polar surface area (TPSA) is 120 Å². The van der Waals surface area contributed by atoms with Crippen molar-refractivity contribution in [1.82, 2.24) is 24.9 Å². The van der Waals surface area contributed by atoms with Gasteiger partial charge in [0.25, 0.3) is 0 Å². The van der Waals surface area contributed by atoms with Gasteiger partial charge in [0.05, 0.1) is 47.0 Å². The van der Waals surface area contributed by atoms with E-state index in [1.165, 1.54) is 12.4 Å². The molecule has 0 saturated carbocycles. The van der Waals surface area contributed by atoms with Crippen LogP contribution in [0.5, 0.6) is 0 Å². The SMILES string of the molecule is O=C(OCCN(CCOC(=O)c1ccc(-c2ccccn2)nc1)c1ccc(/C=C/c2ccncc2)cc1)c1ccc(-c2ccccn2)nc1. The van der Waals surface area contributed by atoms with E-state index in [9.17, 15) is 9.59 Å². The van der Waals surface area contributed by atoms with E-state index in [0.29, 0.717) is 35.6 Å². The molecule has 0 N–H and O–H groups in total. The molecule has 0 aliphatic heterocycles. The number of hydrogen-bond donors (Lipinski definition) is 0. The van der Waals surface area contributed by atoms with Crippen LogP contribution in [0, 0.1) is 0 Å². The van der Waals surface area contributed by atoms with Crippen LogP contribution in [0.25, 0.3) is 34.9 Å². The van der Waals surface area contributed by atoms with Crippen LogP contribution in [0.15, 0.2) is 134 Å². The molecule has 6 rings (SSSR count). The van der Waals surface area contributed by atoms with Crippen LogP contribution in [0.2, 0.25) is 0 Å². The molecule has 0 aliphatic carbocycles. The van der Waals surface area contributed by atoms with Gasteiger partial charge >= 0.3 is 11.9 Å². The first-order valence-corrected chi connectivity index (χ1v) is 15.6. The van der Waals surface area contributed by atoms with Crippen molar-refractivity contribution in [2.45, 2.75) is 0 Å². The summed E-state index contributed by atoms with van der Waals surface area (Å²) in [7, 11) is 0. The fraction of sp³-hybridized carbons (Fsp3) is 0.103. The second-order valence-electron chi connectivity index (χ2n) is 10.8. The molecule has 49 heavy (non-hydrogen) atoms. The Morgan fingerprint density at radius 3 is 1.47 bits per heavy atom. The molecule has 0 spiro atoms. The highest BCUT2D eigenvalue weighted by Gasteiger charge is 2.14. The number of carbonyl (C=O) groups excluding carboxylic acids is 2. The summed E-state index contributed by atoms with van der Waals surface area (Å²) in [5.74, 6) is -0.964. The molecular weight excluding hydrogens is 616 g/mol. The molecule has 0 bridgehead atoms. The number of anilines is 1. The Hall–Kier alpha value is -6.55. The minimum Gasteiger partial charge on any atom is -0.460 e. The zero-order chi connectivity index (χ0) is 33.7. The summed E-state index contributed by atoms with van der Waals surface area (Å²) in [5.41, 5.74) is 6.39. The van der Waals surface area contributed by atoms with Crippen molar-refractivity contribution < 1.29 is 19.1 Å². The second kappa shape index (κ2) is 16.3. The maximum Gasteiger partial charge on any atom is 0.339 e. The third kappa shape index (κ3) is 9.05. The van der Waals surface area contributed by atoms with Crippen molar-refractivity contribution in [3.63, 3.8) is 0 Å². The van der Waals surface area contributed by atoms with Gasteiger partial charge in [-0.25, -0.2) is 9.59 Å². The van der Waals surface area contributed by atoms with E-state index >= 15 is 0 Å². The Morgan fingerprint density at radius 2 is 1.02 bits per heavy atom. The fourth-order valence-corrected chi connectivity index (χ4v) is 4.86. The van der Waals surface area contributed by atoms with Gasteiger partial charge in [-0.3, -0.25) is 24.9 Å². The summed E-state index contributed by atoms with van der Waals surface area (Å²) in [6, 6.07) is 29.8. The molecule has 10 nitrogen and oxygen atoms in total. The minimum atomic E-state index is -0.482. The van der Waals surface area contributed by atoms with Gasteiger partial charge in [0.2, 0.25) is 0 Å². The number of hydrogen-bond acceptors (Lipinski definition) is 10. The Labute approximate surface area is 283 Å². The number of rotatable bonds is 13. The average Bonchev–Trinajstić information content (AvgIpc) is 3.18. The van der Waals surface area contributed by atoms with Crippen LogP contribution in [0.3, 0.4) is 0 Å². The Kier molecular flexibility index (Phi) is 10.8. The molecule has 0 fully saturated rings. The van der Waals surface area contributed by atoms with Gasteiger partial charge in [0, 0.05) is 42.9 Å². The molecule has 5 aromatic heterocycles. The maximum absolute atomic E-state index is 12.8. The molecule has 10 heteroatoms. The Balaban J connectivity index is 1.08. The van der Waals surface area contributed by atoms with Crippen molar-refractivity contribution >= 4 is 29.8 Å². The van der Waals surface area contributed by atoms with E-state index in [-0.39, 0.29) is 13.2 Å². The largest absolute Gasteiger partial charge is 0.460 e. The number of aromatic nitrogens is 5. The lowest BCUT2D eigenvalue weighted by molar-refractivity contribution is 0.0503. The standard InChI is InChI=1S/C39H32N6O4/c46-38(31-11-15-36(43-27-31)34-5-1-3-19-41-34)48-25-23-45(33-13-9-29(10-14-33)7-8-30-17-21-40-22-18-30)24-26-49-39(47)32-12-16-37(44-28-32)35-6-2-4-20-42-35/h1-22,27-28H,23-26H2/b8-7+. The van der Waals surface area contributed by atoms with Crippen LogP contribution in [0.1, 0.15) is 31.8 Å². The maximum atomic E-state index is 12.8. The monoisotopic (exact) mass is 648 g/mol. The molecule has 6 aromatic rings. The number of pyridine rings is 5. The quantitative estimate of drug-likeness (QED) is 0.125. The lowest BCUT2D eigenvalue weighted by Crippen LogP contribution is -2.32. The van der Waals surface area contributed by atoms with E-state index in [4.69, 9.17) is 9.47 Å². The fourth-order valence-electron chi connectivity index (χ4n) is 4.86. The highest BCUT2D eigenvalue weighted by molar-refractivity contribution is 5.90. The molecule has 0 saturated heterocycles. The number of carbonyl (C=O) groups is 2. The van der Waals surface area contributed by atoms with Crippen molar-refractivity contribution in [2.24, 2.45) is 0 Å². The first kappa shape index (κ1) is 32.4. The summed E-state index contributed by atoms with van der Waals surface area (Å²) < 4.78 is 11.2. The van der Waals surface area contributed by atoms with Crippen molar-refractivity contribution in [3.8, 4) is 22.8 Å². The number of ether oxygens (including phenoxy) is 2. The molecule has 0 amide bonds. The van der Waals surface area contributed by atoms with Crippen LogP contribution >= 0.6 is 0 Å². The van der Waals surface area contributed by atoms with Gasteiger partial charge in [-0.05, 0) is 83.9 Å². The molecule has 242 valence electrons. The number of nitrogens with zero attached hydrogens (tertiary/aromatic N) is 6. The summed E-state index contributed by atoms with van der Waals surface area (Å²) in [6.45, 7) is 0.958. The molecule has 0 atom stereocenters. The lowest BCUT2D eigenvalue weighted by atomic mass is 10.1. The predicted molar refractivity (Wildman–Crippen MR) is 187 cm³/mol. The molecule has 0 aliphatic rings. The zero-order valence-corrected chi connectivity index (χ0v) is 26.5. The van der Waals surface area contributed by atoms with Gasteiger partial charge in [0.15, 0.2) is 0 Å². The van der Waals surface area contributed by atoms with Gasteiger partial charge in [-0.2, -0.15) is 0 Å². The predicted octanol–water partition coefficient (Wildman–Crippen LogP) is 6.69. The van der Waals surface area contributed by atoms with E-state index < -0.39 is 11.9 Å². The lowest BCUT2D eigenvalue weighted by Gasteiger charge is -2.24. The zero-order valence-electron chi connectivity index (χ0n) is 26.5. The van der Waals surface area contributed by atoms with Gasteiger partial charge in [-0.15, -0.1) is 0 Å². The van der Waals surface area contributed by atoms with Crippen LogP contribution < -0.4 is 4.90 Å². The average molecular weight is 649 g/mol. The van der Waals surface area contributed by atoms with Gasteiger partial charge in [0.1, 0.15) is 13.2 Å². The smallest absolute Gasteiger partial charge is 0.339 e. The molecule has 5 heterocycles. The summed E-state index contributed by atoms with van der Waals surface area (Å²) in [4.78, 5) is 49.0. The number of esters is 2. The molecule has 1 aromatic carbocycles. The van der Waals surface area contributed by atoms with E-state index in [0.717, 1.165) is 28.2 Å². The number of benzene rings is 1. The van der Waals surface area contributed by atoms with Crippen LogP contribution in [-0.4, -0.2) is 63.2 Å². The van der Waals surface area contributed by atoms with E-state index in [2.05, 4.69) is 24.9 Å². The highest BCUT2D eigenvalue weighted by Crippen LogP contribution is 2.19. The third-order valence-corrected chi connectivity index (χ3v) is 7.47. The summed E-state index contributed by atoms with van der Waals surface area (Å²) in [6.07, 6.45) is 13.9. The second-order valence-corrected chi connectivity index (χ2v) is 10.8. The normalized spacial score (nSPS) is 10.9. The highest BCUT2D eigenvalue weighted by atomic mass is 16.5. The van der Waals surface area contributed by atoms with E-state index in [1.807, 2.05) is 89.8 Å². The first-order valence-electron chi connectivity index (χ1n) is 15.6. The van der Waals surface area contributed by atoms with Crippen molar-refractivity contribution in [3.05, 3.63) is 156 Å². The minimum absolute atomic E-state index is 0.109. The van der Waals surface area contributed by atoms with Gasteiger partial charge in [-0.1, -0.05) is 36.4 Å². The third-order valence-electron chi connectivity index (χ3n) is 7.47. The Bertz CT molecular complexity index is 1870. The molecular formula is C39H32N6O4.